The minimum absolute atomic E-state index is 0.803. The zero-order valence-corrected chi connectivity index (χ0v) is 14.4. The second-order valence-electron chi connectivity index (χ2n) is 5.65. The summed E-state index contributed by atoms with van der Waals surface area (Å²) < 4.78 is 7.02. The van der Waals surface area contributed by atoms with E-state index in [2.05, 4.69) is 27.8 Å². The summed E-state index contributed by atoms with van der Waals surface area (Å²) in [5.41, 5.74) is 1.07. The molecule has 0 spiro atoms. The molecular weight excluding hydrogens is 346 g/mol. The van der Waals surface area contributed by atoms with Gasteiger partial charge in [0.1, 0.15) is 10.7 Å². The lowest BCUT2D eigenvalue weighted by Gasteiger charge is -2.31. The number of hydrogen-bond acceptors (Lipinski definition) is 2. The highest BCUT2D eigenvalue weighted by molar-refractivity contribution is 9.10. The number of thiocarbonyl (C=S) groups is 1. The average Bonchev–Trinajstić information content (AvgIpc) is 2.98. The first kappa shape index (κ1) is 14.8. The van der Waals surface area contributed by atoms with Crippen LogP contribution in [0.1, 0.15) is 25.5 Å². The first-order valence-electron chi connectivity index (χ1n) is 7.28. The van der Waals surface area contributed by atoms with E-state index in [-0.39, 0.29) is 0 Å². The summed E-state index contributed by atoms with van der Waals surface area (Å²) in [7, 11) is 0. The van der Waals surface area contributed by atoms with Crippen molar-refractivity contribution in [2.75, 3.05) is 13.1 Å². The molecule has 2 heterocycles. The molecule has 0 unspecified atom stereocenters. The van der Waals surface area contributed by atoms with Crippen LogP contribution in [0.4, 0.5) is 0 Å². The van der Waals surface area contributed by atoms with Crippen molar-refractivity contribution in [3.05, 3.63) is 46.6 Å². The number of rotatable bonds is 2. The highest BCUT2D eigenvalue weighted by Crippen LogP contribution is 2.26. The maximum Gasteiger partial charge on any atom is 0.162 e. The number of hydrogen-bond donors (Lipinski definition) is 0. The standard InChI is InChI=1S/C17H18BrNOS/c1-12-8-10-19(11-9-12)17(21)16-7-6-15(20-16)13-2-4-14(18)5-3-13/h2-7,12H,8-11H2,1H3. The SMILES string of the molecule is CC1CCN(C(=S)c2ccc(-c3ccc(Br)cc3)o2)CC1. The average molecular weight is 364 g/mol. The molecule has 0 N–H and O–H groups in total. The number of benzene rings is 1. The van der Waals surface area contributed by atoms with E-state index in [0.29, 0.717) is 0 Å². The number of likely N-dealkylation sites (tertiary alicyclic amines) is 1. The third-order valence-electron chi connectivity index (χ3n) is 4.02. The minimum Gasteiger partial charge on any atom is -0.454 e. The Morgan fingerprint density at radius 3 is 2.48 bits per heavy atom. The molecule has 2 nitrogen and oxygen atoms in total. The fourth-order valence-electron chi connectivity index (χ4n) is 2.59. The zero-order valence-electron chi connectivity index (χ0n) is 12.0. The Hall–Kier alpha value is -1.13. The molecule has 0 saturated carbocycles. The Morgan fingerprint density at radius 2 is 1.81 bits per heavy atom. The topological polar surface area (TPSA) is 16.4 Å². The number of halogens is 1. The van der Waals surface area contributed by atoms with E-state index in [4.69, 9.17) is 16.6 Å². The molecule has 1 saturated heterocycles. The molecular formula is C17H18BrNOS. The van der Waals surface area contributed by atoms with Crippen LogP contribution in [0.15, 0.2) is 45.3 Å². The van der Waals surface area contributed by atoms with Crippen LogP contribution in [-0.4, -0.2) is 23.0 Å². The van der Waals surface area contributed by atoms with Crippen molar-refractivity contribution < 1.29 is 4.42 Å². The van der Waals surface area contributed by atoms with Gasteiger partial charge >= 0.3 is 0 Å². The van der Waals surface area contributed by atoms with Crippen LogP contribution >= 0.6 is 28.1 Å². The van der Waals surface area contributed by atoms with Crippen LogP contribution in [0.5, 0.6) is 0 Å². The van der Waals surface area contributed by atoms with E-state index >= 15 is 0 Å². The fraction of sp³-hybridized carbons (Fsp3) is 0.353. The van der Waals surface area contributed by atoms with Crippen LogP contribution in [0, 0.1) is 5.92 Å². The number of piperidine rings is 1. The summed E-state index contributed by atoms with van der Waals surface area (Å²) in [4.78, 5) is 3.10. The predicted octanol–water partition coefficient (Wildman–Crippen LogP) is 5.12. The van der Waals surface area contributed by atoms with Crippen LogP contribution in [0.25, 0.3) is 11.3 Å². The first-order chi connectivity index (χ1) is 10.1. The Labute approximate surface area is 139 Å². The van der Waals surface area contributed by atoms with Gasteiger partial charge in [0.25, 0.3) is 0 Å². The summed E-state index contributed by atoms with van der Waals surface area (Å²) in [5.74, 6) is 2.47. The first-order valence-corrected chi connectivity index (χ1v) is 8.48. The molecule has 1 aromatic heterocycles. The van der Waals surface area contributed by atoms with Crippen LogP contribution in [0.2, 0.25) is 0 Å². The second kappa shape index (κ2) is 6.32. The smallest absolute Gasteiger partial charge is 0.162 e. The third kappa shape index (κ3) is 3.38. The second-order valence-corrected chi connectivity index (χ2v) is 6.95. The molecule has 0 aliphatic carbocycles. The molecule has 1 fully saturated rings. The van der Waals surface area contributed by atoms with Gasteiger partial charge in [-0.1, -0.05) is 47.2 Å². The Kier molecular flexibility index (Phi) is 4.45. The van der Waals surface area contributed by atoms with Crippen LogP contribution < -0.4 is 0 Å². The lowest BCUT2D eigenvalue weighted by molar-refractivity contribution is 0.281. The Morgan fingerprint density at radius 1 is 1.14 bits per heavy atom. The maximum absolute atomic E-state index is 5.95. The van der Waals surface area contributed by atoms with Gasteiger partial charge in [-0.05, 0) is 43.0 Å². The molecule has 4 heteroatoms. The highest BCUT2D eigenvalue weighted by atomic mass is 79.9. The van der Waals surface area contributed by atoms with Crippen molar-refractivity contribution in [3.63, 3.8) is 0 Å². The highest BCUT2D eigenvalue weighted by Gasteiger charge is 2.20. The molecule has 110 valence electrons. The van der Waals surface area contributed by atoms with Gasteiger partial charge in [-0.25, -0.2) is 0 Å². The van der Waals surface area contributed by atoms with E-state index in [9.17, 15) is 0 Å². The van der Waals surface area contributed by atoms with Gasteiger partial charge in [-0.2, -0.15) is 0 Å². The quantitative estimate of drug-likeness (QED) is 0.689. The van der Waals surface area contributed by atoms with Crippen molar-refractivity contribution >= 4 is 33.1 Å². The van der Waals surface area contributed by atoms with Gasteiger partial charge in [0, 0.05) is 23.1 Å². The van der Waals surface area contributed by atoms with Gasteiger partial charge in [0.15, 0.2) is 5.76 Å². The molecule has 1 aromatic carbocycles. The fourth-order valence-corrected chi connectivity index (χ4v) is 3.15. The Bertz CT molecular complexity index is 626. The molecule has 2 aromatic rings. The van der Waals surface area contributed by atoms with Gasteiger partial charge in [-0.3, -0.25) is 0 Å². The summed E-state index contributed by atoms with van der Waals surface area (Å²) in [6.45, 7) is 4.38. The van der Waals surface area contributed by atoms with Crippen molar-refractivity contribution in [1.82, 2.24) is 4.90 Å². The van der Waals surface area contributed by atoms with Crippen molar-refractivity contribution in [3.8, 4) is 11.3 Å². The lowest BCUT2D eigenvalue weighted by atomic mass is 9.99. The molecule has 0 radical (unpaired) electrons. The molecule has 1 aliphatic heterocycles. The van der Waals surface area contributed by atoms with E-state index < -0.39 is 0 Å². The lowest BCUT2D eigenvalue weighted by Crippen LogP contribution is -2.37. The van der Waals surface area contributed by atoms with Crippen molar-refractivity contribution in [2.45, 2.75) is 19.8 Å². The summed E-state index contributed by atoms with van der Waals surface area (Å²) in [5, 5.41) is 0. The summed E-state index contributed by atoms with van der Waals surface area (Å²) in [6.07, 6.45) is 2.42. The van der Waals surface area contributed by atoms with E-state index in [1.54, 1.807) is 0 Å². The predicted molar refractivity (Wildman–Crippen MR) is 93.5 cm³/mol. The van der Waals surface area contributed by atoms with E-state index in [1.165, 1.54) is 12.8 Å². The Balaban J connectivity index is 1.75. The van der Waals surface area contributed by atoms with Gasteiger partial charge in [0.05, 0.1) is 0 Å². The number of furan rings is 1. The minimum atomic E-state index is 0.803. The molecule has 1 aliphatic rings. The van der Waals surface area contributed by atoms with E-state index in [1.807, 2.05) is 36.4 Å². The number of nitrogens with zero attached hydrogens (tertiary/aromatic N) is 1. The van der Waals surface area contributed by atoms with Gasteiger partial charge < -0.3 is 9.32 Å². The molecule has 3 rings (SSSR count). The molecule has 0 amide bonds. The molecule has 21 heavy (non-hydrogen) atoms. The van der Waals surface area contributed by atoms with Crippen LogP contribution in [-0.2, 0) is 0 Å². The van der Waals surface area contributed by atoms with Crippen molar-refractivity contribution in [2.24, 2.45) is 5.92 Å². The van der Waals surface area contributed by atoms with Gasteiger partial charge in [0.2, 0.25) is 0 Å². The summed E-state index contributed by atoms with van der Waals surface area (Å²) in [6, 6.07) is 12.1. The zero-order chi connectivity index (χ0) is 14.8. The third-order valence-corrected chi connectivity index (χ3v) is 5.00. The van der Waals surface area contributed by atoms with Crippen molar-refractivity contribution in [1.29, 1.82) is 0 Å². The largest absolute Gasteiger partial charge is 0.454 e. The normalized spacial score (nSPS) is 16.2. The molecule has 0 atom stereocenters. The van der Waals surface area contributed by atoms with Gasteiger partial charge in [-0.15, -0.1) is 0 Å². The monoisotopic (exact) mass is 363 g/mol. The maximum atomic E-state index is 5.95. The molecule has 0 bridgehead atoms. The van der Waals surface area contributed by atoms with E-state index in [0.717, 1.165) is 45.6 Å². The summed E-state index contributed by atoms with van der Waals surface area (Å²) >= 11 is 9.03. The van der Waals surface area contributed by atoms with Crippen LogP contribution in [0.3, 0.4) is 0 Å².